The summed E-state index contributed by atoms with van der Waals surface area (Å²) in [6.45, 7) is 0.543. The van der Waals surface area contributed by atoms with Gasteiger partial charge in [0.2, 0.25) is 5.88 Å². The lowest BCUT2D eigenvalue weighted by molar-refractivity contribution is 0.169. The fraction of sp³-hybridized carbons (Fsp3) is 0.583. The van der Waals surface area contributed by atoms with Crippen LogP contribution in [0, 0.1) is 0 Å². The van der Waals surface area contributed by atoms with E-state index in [0.29, 0.717) is 17.5 Å². The Morgan fingerprint density at radius 1 is 1.31 bits per heavy atom. The van der Waals surface area contributed by atoms with Gasteiger partial charge in [0, 0.05) is 12.3 Å². The van der Waals surface area contributed by atoms with Crippen LogP contribution in [-0.2, 0) is 0 Å². The van der Waals surface area contributed by atoms with Crippen LogP contribution in [0.2, 0.25) is 5.02 Å². The molecule has 0 radical (unpaired) electrons. The lowest BCUT2D eigenvalue weighted by atomic mass is 9.83. The van der Waals surface area contributed by atoms with E-state index in [1.165, 1.54) is 19.3 Å². The van der Waals surface area contributed by atoms with Crippen molar-refractivity contribution in [2.24, 2.45) is 5.73 Å². The van der Waals surface area contributed by atoms with Crippen molar-refractivity contribution in [2.45, 2.75) is 37.6 Å². The van der Waals surface area contributed by atoms with E-state index in [1.54, 1.807) is 18.3 Å². The normalized spacial score (nSPS) is 19.4. The minimum Gasteiger partial charge on any atom is -0.476 e. The number of pyridine rings is 1. The summed E-state index contributed by atoms with van der Waals surface area (Å²) in [6.07, 6.45) is 7.36. The molecule has 1 aliphatic rings. The average molecular weight is 241 g/mol. The van der Waals surface area contributed by atoms with Crippen LogP contribution in [-0.4, -0.2) is 17.1 Å². The fourth-order valence-corrected chi connectivity index (χ4v) is 2.18. The highest BCUT2D eigenvalue weighted by Gasteiger charge is 2.28. The van der Waals surface area contributed by atoms with Gasteiger partial charge in [-0.1, -0.05) is 30.9 Å². The van der Waals surface area contributed by atoms with Crippen molar-refractivity contribution < 1.29 is 4.74 Å². The van der Waals surface area contributed by atoms with E-state index in [9.17, 15) is 0 Å². The van der Waals surface area contributed by atoms with Crippen LogP contribution in [0.25, 0.3) is 0 Å². The van der Waals surface area contributed by atoms with Crippen molar-refractivity contribution >= 4 is 11.6 Å². The molecule has 0 atom stereocenters. The molecule has 1 aliphatic carbocycles. The number of hydrogen-bond donors (Lipinski definition) is 1. The van der Waals surface area contributed by atoms with Crippen LogP contribution < -0.4 is 10.5 Å². The van der Waals surface area contributed by atoms with Gasteiger partial charge in [-0.15, -0.1) is 0 Å². The Labute approximate surface area is 101 Å². The van der Waals surface area contributed by atoms with Gasteiger partial charge in [-0.3, -0.25) is 0 Å². The maximum absolute atomic E-state index is 6.26. The van der Waals surface area contributed by atoms with E-state index in [4.69, 9.17) is 22.1 Å². The van der Waals surface area contributed by atoms with Crippen molar-refractivity contribution in [1.29, 1.82) is 0 Å². The number of hydrogen-bond acceptors (Lipinski definition) is 3. The molecular formula is C12H17ClN2O. The highest BCUT2D eigenvalue weighted by molar-refractivity contribution is 6.30. The van der Waals surface area contributed by atoms with Crippen molar-refractivity contribution in [2.75, 3.05) is 6.61 Å². The van der Waals surface area contributed by atoms with E-state index in [1.807, 2.05) is 0 Å². The summed E-state index contributed by atoms with van der Waals surface area (Å²) in [4.78, 5) is 4.08. The van der Waals surface area contributed by atoms with Gasteiger partial charge in [0.1, 0.15) is 6.61 Å². The Bertz CT molecular complexity index is 333. The Hall–Kier alpha value is -0.800. The molecule has 0 spiro atoms. The lowest BCUT2D eigenvalue weighted by Gasteiger charge is -2.32. The molecule has 0 amide bonds. The third kappa shape index (κ3) is 3.09. The molecule has 1 fully saturated rings. The SMILES string of the molecule is NC1(COc2ccc(Cl)cn2)CCCCC1. The van der Waals surface area contributed by atoms with E-state index in [2.05, 4.69) is 4.98 Å². The van der Waals surface area contributed by atoms with Crippen LogP contribution in [0.1, 0.15) is 32.1 Å². The molecule has 1 aromatic heterocycles. The Kier molecular flexibility index (Phi) is 3.66. The molecule has 3 nitrogen and oxygen atoms in total. The molecule has 0 saturated heterocycles. The van der Waals surface area contributed by atoms with Crippen LogP contribution >= 0.6 is 11.6 Å². The van der Waals surface area contributed by atoms with Gasteiger partial charge < -0.3 is 10.5 Å². The van der Waals surface area contributed by atoms with E-state index >= 15 is 0 Å². The highest BCUT2D eigenvalue weighted by Crippen LogP contribution is 2.26. The highest BCUT2D eigenvalue weighted by atomic mass is 35.5. The average Bonchev–Trinajstić information content (AvgIpc) is 2.29. The van der Waals surface area contributed by atoms with Crippen molar-refractivity contribution in [1.82, 2.24) is 4.98 Å². The summed E-state index contributed by atoms with van der Waals surface area (Å²) < 4.78 is 5.61. The molecule has 4 heteroatoms. The number of nitrogens with two attached hydrogens (primary N) is 1. The Balaban J connectivity index is 1.88. The predicted octanol–water partition coefficient (Wildman–Crippen LogP) is 2.78. The molecule has 16 heavy (non-hydrogen) atoms. The van der Waals surface area contributed by atoms with Gasteiger partial charge in [-0.25, -0.2) is 4.98 Å². The van der Waals surface area contributed by atoms with Crippen molar-refractivity contribution in [3.63, 3.8) is 0 Å². The summed E-state index contributed by atoms with van der Waals surface area (Å²) in [7, 11) is 0. The van der Waals surface area contributed by atoms with Crippen LogP contribution in [0.5, 0.6) is 5.88 Å². The van der Waals surface area contributed by atoms with Crippen LogP contribution in [0.15, 0.2) is 18.3 Å². The summed E-state index contributed by atoms with van der Waals surface area (Å²) in [5.41, 5.74) is 6.09. The number of ether oxygens (including phenoxy) is 1. The van der Waals surface area contributed by atoms with Crippen molar-refractivity contribution in [3.8, 4) is 5.88 Å². The first-order valence-corrected chi connectivity index (χ1v) is 6.09. The second-order valence-electron chi connectivity index (χ2n) is 4.53. The van der Waals surface area contributed by atoms with E-state index < -0.39 is 0 Å². The zero-order valence-electron chi connectivity index (χ0n) is 9.29. The minimum absolute atomic E-state index is 0.167. The maximum atomic E-state index is 6.26. The van der Waals surface area contributed by atoms with Crippen molar-refractivity contribution in [3.05, 3.63) is 23.4 Å². The number of rotatable bonds is 3. The van der Waals surface area contributed by atoms with Gasteiger partial charge in [0.05, 0.1) is 10.6 Å². The first kappa shape index (κ1) is 11.7. The van der Waals surface area contributed by atoms with Gasteiger partial charge in [0.25, 0.3) is 0 Å². The molecule has 88 valence electrons. The van der Waals surface area contributed by atoms with Gasteiger partial charge in [-0.05, 0) is 18.9 Å². The smallest absolute Gasteiger partial charge is 0.213 e. The zero-order chi connectivity index (χ0) is 11.4. The molecule has 1 aromatic rings. The maximum Gasteiger partial charge on any atom is 0.213 e. The molecular weight excluding hydrogens is 224 g/mol. The fourth-order valence-electron chi connectivity index (χ4n) is 2.07. The van der Waals surface area contributed by atoms with Gasteiger partial charge in [0.15, 0.2) is 0 Å². The molecule has 1 saturated carbocycles. The predicted molar refractivity (Wildman–Crippen MR) is 64.7 cm³/mol. The molecule has 1 heterocycles. The number of aromatic nitrogens is 1. The molecule has 2 rings (SSSR count). The van der Waals surface area contributed by atoms with Crippen LogP contribution in [0.3, 0.4) is 0 Å². The third-order valence-corrected chi connectivity index (χ3v) is 3.28. The minimum atomic E-state index is -0.167. The van der Waals surface area contributed by atoms with Gasteiger partial charge >= 0.3 is 0 Å². The standard InChI is InChI=1S/C12H17ClN2O/c13-10-4-5-11(15-8-10)16-9-12(14)6-2-1-3-7-12/h4-5,8H,1-3,6-7,9,14H2. The second kappa shape index (κ2) is 5.02. The van der Waals surface area contributed by atoms with Gasteiger partial charge in [-0.2, -0.15) is 0 Å². The number of nitrogens with zero attached hydrogens (tertiary/aromatic N) is 1. The largest absolute Gasteiger partial charge is 0.476 e. The Morgan fingerprint density at radius 3 is 2.69 bits per heavy atom. The molecule has 0 aliphatic heterocycles. The summed E-state index contributed by atoms with van der Waals surface area (Å²) >= 11 is 5.75. The summed E-state index contributed by atoms with van der Waals surface area (Å²) in [6, 6.07) is 3.54. The molecule has 2 N–H and O–H groups in total. The summed E-state index contributed by atoms with van der Waals surface area (Å²) in [5.74, 6) is 0.597. The molecule has 0 aromatic carbocycles. The third-order valence-electron chi connectivity index (χ3n) is 3.06. The number of halogens is 1. The molecule has 0 bridgehead atoms. The van der Waals surface area contributed by atoms with Crippen LogP contribution in [0.4, 0.5) is 0 Å². The monoisotopic (exact) mass is 240 g/mol. The zero-order valence-corrected chi connectivity index (χ0v) is 10.0. The second-order valence-corrected chi connectivity index (χ2v) is 4.96. The topological polar surface area (TPSA) is 48.1 Å². The summed E-state index contributed by atoms with van der Waals surface area (Å²) in [5, 5.41) is 0.618. The lowest BCUT2D eigenvalue weighted by Crippen LogP contribution is -2.47. The first-order valence-electron chi connectivity index (χ1n) is 5.71. The Morgan fingerprint density at radius 2 is 2.06 bits per heavy atom. The molecule has 0 unspecified atom stereocenters. The quantitative estimate of drug-likeness (QED) is 0.884. The van der Waals surface area contributed by atoms with E-state index in [0.717, 1.165) is 12.8 Å². The first-order chi connectivity index (χ1) is 7.68. The van der Waals surface area contributed by atoms with E-state index in [-0.39, 0.29) is 5.54 Å².